The first-order chi connectivity index (χ1) is 11.6. The topological polar surface area (TPSA) is 38.0 Å². The first kappa shape index (κ1) is 16.1. The molecule has 0 radical (unpaired) electrons. The number of benzene rings is 2. The molecule has 1 aromatic heterocycles. The number of aryl methyl sites for hydroxylation is 3. The lowest BCUT2D eigenvalue weighted by Crippen LogP contribution is -2.08. The Balaban J connectivity index is 1.85. The number of hydrogen-bond donors (Lipinski definition) is 0. The number of nitrogens with zero attached hydrogens (tertiary/aromatic N) is 2. The van der Waals surface area contributed by atoms with Crippen molar-refractivity contribution < 1.29 is 4.74 Å². The van der Waals surface area contributed by atoms with Gasteiger partial charge in [-0.05, 0) is 43.0 Å². The summed E-state index contributed by atoms with van der Waals surface area (Å²) in [5, 5.41) is 10.4. The molecule has 2 aromatic carbocycles. The summed E-state index contributed by atoms with van der Waals surface area (Å²) in [5.74, 6) is 0.933. The Kier molecular flexibility index (Phi) is 4.57. The number of rotatable bonds is 5. The Bertz CT molecular complexity index is 915. The van der Waals surface area contributed by atoms with Crippen LogP contribution in [0.1, 0.15) is 29.2 Å². The molecule has 3 heteroatoms. The third kappa shape index (κ3) is 3.00. The molecule has 0 N–H and O–H groups in total. The number of ether oxygens (including phenoxy) is 1. The van der Waals surface area contributed by atoms with Gasteiger partial charge in [-0.15, -0.1) is 0 Å². The van der Waals surface area contributed by atoms with Crippen molar-refractivity contribution in [2.24, 2.45) is 0 Å². The van der Waals surface area contributed by atoms with Crippen molar-refractivity contribution in [3.63, 3.8) is 0 Å². The van der Waals surface area contributed by atoms with E-state index >= 15 is 0 Å². The lowest BCUT2D eigenvalue weighted by molar-refractivity contribution is 0.298. The van der Waals surface area contributed by atoms with E-state index in [2.05, 4.69) is 55.7 Å². The van der Waals surface area contributed by atoms with Gasteiger partial charge in [-0.1, -0.05) is 37.3 Å². The third-order valence-corrected chi connectivity index (χ3v) is 4.42. The molecule has 0 saturated heterocycles. The third-order valence-electron chi connectivity index (χ3n) is 4.42. The van der Waals surface area contributed by atoms with Crippen molar-refractivity contribution in [2.75, 3.05) is 6.61 Å². The van der Waals surface area contributed by atoms with Gasteiger partial charge in [0.25, 0.3) is 0 Å². The van der Waals surface area contributed by atoms with E-state index in [1.54, 1.807) is 0 Å². The van der Waals surface area contributed by atoms with Crippen LogP contribution < -0.4 is 4.74 Å². The number of para-hydroxylation sites is 1. The molecular formula is C21H22N2O. The molecule has 24 heavy (non-hydrogen) atoms. The molecule has 0 saturated carbocycles. The predicted molar refractivity (Wildman–Crippen MR) is 97.4 cm³/mol. The maximum Gasteiger partial charge on any atom is 0.122 e. The fraction of sp³-hybridized carbons (Fsp3) is 0.286. The van der Waals surface area contributed by atoms with Gasteiger partial charge >= 0.3 is 0 Å². The molecule has 0 unspecified atom stereocenters. The molecule has 122 valence electrons. The van der Waals surface area contributed by atoms with Gasteiger partial charge in [0.05, 0.1) is 17.6 Å². The van der Waals surface area contributed by atoms with E-state index in [0.717, 1.165) is 40.7 Å². The van der Waals surface area contributed by atoms with Gasteiger partial charge in [0.2, 0.25) is 0 Å². The van der Waals surface area contributed by atoms with Crippen molar-refractivity contribution in [3.8, 4) is 11.8 Å². The molecule has 0 spiro atoms. The van der Waals surface area contributed by atoms with Crippen LogP contribution in [0.2, 0.25) is 0 Å². The van der Waals surface area contributed by atoms with Crippen LogP contribution in [-0.2, 0) is 13.0 Å². The van der Waals surface area contributed by atoms with Gasteiger partial charge in [0.15, 0.2) is 0 Å². The second-order valence-corrected chi connectivity index (χ2v) is 6.13. The van der Waals surface area contributed by atoms with Crippen LogP contribution >= 0.6 is 0 Å². The van der Waals surface area contributed by atoms with Gasteiger partial charge in [-0.2, -0.15) is 5.26 Å². The lowest BCUT2D eigenvalue weighted by atomic mass is 10.1. The smallest absolute Gasteiger partial charge is 0.122 e. The summed E-state index contributed by atoms with van der Waals surface area (Å²) in [6.45, 7) is 7.58. The number of aromatic nitrogens is 1. The summed E-state index contributed by atoms with van der Waals surface area (Å²) >= 11 is 0. The summed E-state index contributed by atoms with van der Waals surface area (Å²) in [6, 6.07) is 14.7. The fourth-order valence-electron chi connectivity index (χ4n) is 3.11. The summed E-state index contributed by atoms with van der Waals surface area (Å²) in [7, 11) is 0. The molecule has 3 nitrogen and oxygen atoms in total. The zero-order chi connectivity index (χ0) is 17.1. The molecule has 1 heterocycles. The zero-order valence-electron chi connectivity index (χ0n) is 14.5. The SMILES string of the molecule is CCc1cccc2c(C#N)cn(CCOc3cc(C)ccc3C)c12. The van der Waals surface area contributed by atoms with Gasteiger partial charge in [-0.3, -0.25) is 0 Å². The summed E-state index contributed by atoms with van der Waals surface area (Å²) in [6.07, 6.45) is 2.89. The van der Waals surface area contributed by atoms with Crippen molar-refractivity contribution in [1.82, 2.24) is 4.57 Å². The van der Waals surface area contributed by atoms with Crippen LogP contribution in [0.15, 0.2) is 42.6 Å². The Morgan fingerprint density at radius 3 is 2.75 bits per heavy atom. The number of nitriles is 1. The average molecular weight is 318 g/mol. The molecule has 0 bridgehead atoms. The summed E-state index contributed by atoms with van der Waals surface area (Å²) in [5.41, 5.74) is 5.49. The Morgan fingerprint density at radius 2 is 2.00 bits per heavy atom. The average Bonchev–Trinajstić information content (AvgIpc) is 2.96. The number of hydrogen-bond acceptors (Lipinski definition) is 2. The minimum Gasteiger partial charge on any atom is -0.491 e. The minimum absolute atomic E-state index is 0.580. The Morgan fingerprint density at radius 1 is 1.17 bits per heavy atom. The highest BCUT2D eigenvalue weighted by molar-refractivity contribution is 5.89. The van der Waals surface area contributed by atoms with E-state index in [-0.39, 0.29) is 0 Å². The standard InChI is InChI=1S/C21H22N2O/c1-4-17-6-5-7-19-18(13-22)14-23(21(17)19)10-11-24-20-12-15(2)8-9-16(20)3/h5-9,12,14H,4,10-11H2,1-3H3. The highest BCUT2D eigenvalue weighted by Gasteiger charge is 2.11. The van der Waals surface area contributed by atoms with E-state index in [9.17, 15) is 5.26 Å². The first-order valence-corrected chi connectivity index (χ1v) is 8.35. The monoisotopic (exact) mass is 318 g/mol. The zero-order valence-corrected chi connectivity index (χ0v) is 14.5. The molecule has 0 atom stereocenters. The molecule has 0 amide bonds. The molecule has 3 aromatic rings. The quantitative estimate of drug-likeness (QED) is 0.679. The second kappa shape index (κ2) is 6.80. The largest absolute Gasteiger partial charge is 0.491 e. The van der Waals surface area contributed by atoms with E-state index < -0.39 is 0 Å². The fourth-order valence-corrected chi connectivity index (χ4v) is 3.11. The van der Waals surface area contributed by atoms with Crippen LogP contribution in [0.25, 0.3) is 10.9 Å². The predicted octanol–water partition coefficient (Wildman–Crippen LogP) is 4.77. The molecule has 0 aliphatic rings. The maximum atomic E-state index is 9.39. The van der Waals surface area contributed by atoms with Crippen LogP contribution in [0.5, 0.6) is 5.75 Å². The van der Waals surface area contributed by atoms with Gasteiger partial charge < -0.3 is 9.30 Å². The first-order valence-electron chi connectivity index (χ1n) is 8.35. The number of fused-ring (bicyclic) bond motifs is 1. The highest BCUT2D eigenvalue weighted by Crippen LogP contribution is 2.25. The van der Waals surface area contributed by atoms with Crippen molar-refractivity contribution in [1.29, 1.82) is 5.26 Å². The minimum atomic E-state index is 0.580. The summed E-state index contributed by atoms with van der Waals surface area (Å²) < 4.78 is 8.13. The van der Waals surface area contributed by atoms with E-state index in [1.807, 2.05) is 18.3 Å². The molecule has 0 aliphatic heterocycles. The van der Waals surface area contributed by atoms with Crippen LogP contribution in [0, 0.1) is 25.2 Å². The van der Waals surface area contributed by atoms with Gasteiger partial charge in [-0.25, -0.2) is 0 Å². The summed E-state index contributed by atoms with van der Waals surface area (Å²) in [4.78, 5) is 0. The highest BCUT2D eigenvalue weighted by atomic mass is 16.5. The second-order valence-electron chi connectivity index (χ2n) is 6.13. The Hall–Kier alpha value is -2.73. The van der Waals surface area contributed by atoms with Crippen LogP contribution in [0.4, 0.5) is 0 Å². The van der Waals surface area contributed by atoms with E-state index in [4.69, 9.17) is 4.74 Å². The molecule has 3 rings (SSSR count). The lowest BCUT2D eigenvalue weighted by Gasteiger charge is -2.12. The van der Waals surface area contributed by atoms with Crippen LogP contribution in [0.3, 0.4) is 0 Å². The van der Waals surface area contributed by atoms with Crippen molar-refractivity contribution in [2.45, 2.75) is 33.7 Å². The van der Waals surface area contributed by atoms with Crippen molar-refractivity contribution >= 4 is 10.9 Å². The van der Waals surface area contributed by atoms with Gasteiger partial charge in [0.1, 0.15) is 18.4 Å². The van der Waals surface area contributed by atoms with E-state index in [1.165, 1.54) is 11.1 Å². The normalized spacial score (nSPS) is 10.8. The molecular weight excluding hydrogens is 296 g/mol. The van der Waals surface area contributed by atoms with Crippen LogP contribution in [-0.4, -0.2) is 11.2 Å². The maximum absolute atomic E-state index is 9.39. The Labute approximate surface area is 143 Å². The van der Waals surface area contributed by atoms with Crippen molar-refractivity contribution in [3.05, 3.63) is 64.8 Å². The van der Waals surface area contributed by atoms with E-state index in [0.29, 0.717) is 6.61 Å². The van der Waals surface area contributed by atoms with Gasteiger partial charge in [0, 0.05) is 11.6 Å². The molecule has 0 aliphatic carbocycles. The molecule has 0 fully saturated rings.